The first-order valence-electron chi connectivity index (χ1n) is 4.73. The summed E-state index contributed by atoms with van der Waals surface area (Å²) >= 11 is 0. The average molecular weight is 209 g/mol. The highest BCUT2D eigenvalue weighted by atomic mass is 32.2. The summed E-state index contributed by atoms with van der Waals surface area (Å²) in [6.45, 7) is 3.73. The van der Waals surface area contributed by atoms with Crippen molar-refractivity contribution in [3.8, 4) is 0 Å². The van der Waals surface area contributed by atoms with Gasteiger partial charge in [0.15, 0.2) is 9.84 Å². The third-order valence-electron chi connectivity index (χ3n) is 2.41. The molecule has 1 radical (unpaired) electrons. The molecule has 1 aliphatic carbocycles. The van der Waals surface area contributed by atoms with Crippen LogP contribution in [0.3, 0.4) is 0 Å². The van der Waals surface area contributed by atoms with Gasteiger partial charge >= 0.3 is 0 Å². The van der Waals surface area contributed by atoms with E-state index in [9.17, 15) is 8.42 Å². The zero-order chi connectivity index (χ0) is 10.2. The Morgan fingerprint density at radius 2 is 2.07 bits per heavy atom. The SMILES string of the molecule is [CH2]c1cccc(S(=O)(=O)CC2CC2)c1. The molecule has 1 aromatic rings. The highest BCUT2D eigenvalue weighted by molar-refractivity contribution is 7.91. The predicted molar refractivity (Wildman–Crippen MR) is 55.7 cm³/mol. The lowest BCUT2D eigenvalue weighted by molar-refractivity contribution is 0.592. The average Bonchev–Trinajstić information content (AvgIpc) is 2.87. The van der Waals surface area contributed by atoms with Gasteiger partial charge in [0.1, 0.15) is 0 Å². The Hall–Kier alpha value is -0.830. The van der Waals surface area contributed by atoms with Crippen molar-refractivity contribution in [3.05, 3.63) is 36.8 Å². The minimum atomic E-state index is -3.06. The molecule has 0 amide bonds. The molecule has 1 saturated carbocycles. The zero-order valence-corrected chi connectivity index (χ0v) is 8.76. The molecule has 0 bridgehead atoms. The topological polar surface area (TPSA) is 34.1 Å². The Labute approximate surface area is 84.9 Å². The molecule has 1 aliphatic rings. The highest BCUT2D eigenvalue weighted by Crippen LogP contribution is 2.32. The Kier molecular flexibility index (Phi) is 2.35. The quantitative estimate of drug-likeness (QED) is 0.763. The molecule has 0 aromatic heterocycles. The van der Waals surface area contributed by atoms with E-state index in [0.717, 1.165) is 18.4 Å². The van der Waals surface area contributed by atoms with Crippen molar-refractivity contribution in [2.45, 2.75) is 17.7 Å². The van der Waals surface area contributed by atoms with Crippen LogP contribution in [0.1, 0.15) is 18.4 Å². The van der Waals surface area contributed by atoms with E-state index in [1.807, 2.05) is 0 Å². The summed E-state index contributed by atoms with van der Waals surface area (Å²) < 4.78 is 23.6. The van der Waals surface area contributed by atoms with Gasteiger partial charge in [-0.25, -0.2) is 8.42 Å². The van der Waals surface area contributed by atoms with E-state index in [2.05, 4.69) is 6.92 Å². The number of benzene rings is 1. The van der Waals surface area contributed by atoms with Crippen LogP contribution < -0.4 is 0 Å². The molecule has 0 N–H and O–H groups in total. The molecule has 1 fully saturated rings. The van der Waals surface area contributed by atoms with Gasteiger partial charge in [0.2, 0.25) is 0 Å². The highest BCUT2D eigenvalue weighted by Gasteiger charge is 2.28. The molecule has 0 atom stereocenters. The lowest BCUT2D eigenvalue weighted by Crippen LogP contribution is -2.08. The van der Waals surface area contributed by atoms with Gasteiger partial charge in [-0.15, -0.1) is 0 Å². The first-order chi connectivity index (χ1) is 6.58. The van der Waals surface area contributed by atoms with Gasteiger partial charge < -0.3 is 0 Å². The van der Waals surface area contributed by atoms with Crippen LogP contribution in [0.15, 0.2) is 29.2 Å². The normalized spacial score (nSPS) is 16.9. The van der Waals surface area contributed by atoms with E-state index < -0.39 is 9.84 Å². The number of hydrogen-bond donors (Lipinski definition) is 0. The summed E-state index contributed by atoms with van der Waals surface area (Å²) in [5.41, 5.74) is 0.752. The van der Waals surface area contributed by atoms with E-state index in [0.29, 0.717) is 16.6 Å². The molecule has 0 aliphatic heterocycles. The number of rotatable bonds is 3. The van der Waals surface area contributed by atoms with Crippen molar-refractivity contribution < 1.29 is 8.42 Å². The second-order valence-corrected chi connectivity index (χ2v) is 5.91. The first kappa shape index (κ1) is 9.71. The molecule has 2 rings (SSSR count). The van der Waals surface area contributed by atoms with Crippen molar-refractivity contribution in [1.29, 1.82) is 0 Å². The monoisotopic (exact) mass is 209 g/mol. The van der Waals surface area contributed by atoms with Gasteiger partial charge in [-0.05, 0) is 43.4 Å². The van der Waals surface area contributed by atoms with Crippen LogP contribution in [-0.2, 0) is 9.84 Å². The predicted octanol–water partition coefficient (Wildman–Crippen LogP) is 2.05. The van der Waals surface area contributed by atoms with Gasteiger partial charge in [-0.1, -0.05) is 12.1 Å². The number of hydrogen-bond acceptors (Lipinski definition) is 2. The zero-order valence-electron chi connectivity index (χ0n) is 7.94. The fourth-order valence-electron chi connectivity index (χ4n) is 1.43. The smallest absolute Gasteiger partial charge is 0.178 e. The maximum Gasteiger partial charge on any atom is 0.178 e. The fraction of sp³-hybridized carbons (Fsp3) is 0.364. The molecule has 3 heteroatoms. The summed E-state index contributed by atoms with van der Waals surface area (Å²) in [5.74, 6) is 0.699. The third kappa shape index (κ3) is 2.15. The molecular weight excluding hydrogens is 196 g/mol. The van der Waals surface area contributed by atoms with Crippen molar-refractivity contribution >= 4 is 9.84 Å². The van der Waals surface area contributed by atoms with E-state index in [1.165, 1.54) is 0 Å². The van der Waals surface area contributed by atoms with Crippen molar-refractivity contribution in [2.75, 3.05) is 5.75 Å². The molecule has 75 valence electrons. The minimum Gasteiger partial charge on any atom is -0.224 e. The molecule has 0 heterocycles. The van der Waals surface area contributed by atoms with E-state index in [-0.39, 0.29) is 0 Å². The van der Waals surface area contributed by atoms with Crippen LogP contribution in [0.2, 0.25) is 0 Å². The summed E-state index contributed by atoms with van der Waals surface area (Å²) in [5, 5.41) is 0. The largest absolute Gasteiger partial charge is 0.224 e. The van der Waals surface area contributed by atoms with Crippen LogP contribution in [0, 0.1) is 12.8 Å². The second kappa shape index (κ2) is 3.39. The van der Waals surface area contributed by atoms with Gasteiger partial charge in [-0.2, -0.15) is 0 Å². The molecule has 1 aromatic carbocycles. The summed E-state index contributed by atoms with van der Waals surface area (Å²) in [4.78, 5) is 0.414. The summed E-state index contributed by atoms with van der Waals surface area (Å²) in [6, 6.07) is 6.82. The maximum atomic E-state index is 11.8. The Bertz CT molecular complexity index is 430. The molecule has 0 saturated heterocycles. The van der Waals surface area contributed by atoms with Crippen molar-refractivity contribution in [3.63, 3.8) is 0 Å². The molecule has 0 spiro atoms. The molecule has 2 nitrogen and oxygen atoms in total. The van der Waals surface area contributed by atoms with Gasteiger partial charge in [-0.3, -0.25) is 0 Å². The summed E-state index contributed by atoms with van der Waals surface area (Å²) in [7, 11) is -3.06. The van der Waals surface area contributed by atoms with Gasteiger partial charge in [0.05, 0.1) is 10.6 Å². The van der Waals surface area contributed by atoms with Gasteiger partial charge in [0, 0.05) is 0 Å². The lowest BCUT2D eigenvalue weighted by Gasteiger charge is -2.03. The lowest BCUT2D eigenvalue weighted by atomic mass is 10.2. The van der Waals surface area contributed by atoms with Crippen molar-refractivity contribution in [1.82, 2.24) is 0 Å². The molecule has 14 heavy (non-hydrogen) atoms. The summed E-state index contributed by atoms with van der Waals surface area (Å²) in [6.07, 6.45) is 2.12. The molecule has 0 unspecified atom stereocenters. The Balaban J connectivity index is 2.28. The van der Waals surface area contributed by atoms with Crippen LogP contribution >= 0.6 is 0 Å². The molecular formula is C11H13O2S. The Morgan fingerprint density at radius 3 is 2.64 bits per heavy atom. The number of sulfone groups is 1. The minimum absolute atomic E-state index is 0.302. The van der Waals surface area contributed by atoms with Crippen LogP contribution in [0.25, 0.3) is 0 Å². The van der Waals surface area contributed by atoms with Gasteiger partial charge in [0.25, 0.3) is 0 Å². The van der Waals surface area contributed by atoms with Crippen LogP contribution in [0.4, 0.5) is 0 Å². The van der Waals surface area contributed by atoms with E-state index in [1.54, 1.807) is 24.3 Å². The van der Waals surface area contributed by atoms with Crippen LogP contribution in [0.5, 0.6) is 0 Å². The fourth-order valence-corrected chi connectivity index (χ4v) is 3.19. The van der Waals surface area contributed by atoms with E-state index >= 15 is 0 Å². The first-order valence-corrected chi connectivity index (χ1v) is 6.38. The van der Waals surface area contributed by atoms with Crippen LogP contribution in [-0.4, -0.2) is 14.2 Å². The third-order valence-corrected chi connectivity index (χ3v) is 4.29. The van der Waals surface area contributed by atoms with E-state index in [4.69, 9.17) is 0 Å². The standard InChI is InChI=1S/C11H13O2S/c1-9-3-2-4-11(7-9)14(12,13)8-10-5-6-10/h2-4,7,10H,1,5-6,8H2. The maximum absolute atomic E-state index is 11.8. The second-order valence-electron chi connectivity index (χ2n) is 3.87. The van der Waals surface area contributed by atoms with Crippen molar-refractivity contribution in [2.24, 2.45) is 5.92 Å². The Morgan fingerprint density at radius 1 is 1.36 bits per heavy atom.